The van der Waals surface area contributed by atoms with E-state index in [1.807, 2.05) is 91.0 Å². The van der Waals surface area contributed by atoms with Gasteiger partial charge in [0, 0.05) is 12.5 Å². The standard InChI is InChI=1S/C40H49N3O7/c1-40(2,3)50-39(47)42-36(49-31-23-14-7-15-24-31)37(45)43-26-16-25-32(43)35(44)41-34(38(46)48-27-28-17-8-4-9-18-28)33(29-19-10-5-11-20-29)30-21-12-6-13-22-30/h4-6,8-13,17-22,31-34,36H,7,14-16,23-27H2,1-3H3,(H,41,44)(H,42,47)/t32-,34-,36?/m0/s1. The third-order valence-electron chi connectivity index (χ3n) is 9.02. The van der Waals surface area contributed by atoms with Gasteiger partial charge < -0.3 is 24.4 Å². The third kappa shape index (κ3) is 10.2. The summed E-state index contributed by atoms with van der Waals surface area (Å²) in [6, 6.07) is 26.4. The van der Waals surface area contributed by atoms with Crippen LogP contribution in [0, 0.1) is 0 Å². The number of rotatable bonds is 12. The molecule has 1 unspecified atom stereocenters. The number of carbonyl (C=O) groups is 4. The lowest BCUT2D eigenvalue weighted by atomic mass is 9.84. The van der Waals surface area contributed by atoms with Crippen molar-refractivity contribution in [3.63, 3.8) is 0 Å². The van der Waals surface area contributed by atoms with Crippen LogP contribution in [0.4, 0.5) is 4.79 Å². The van der Waals surface area contributed by atoms with Gasteiger partial charge in [-0.25, -0.2) is 9.59 Å². The Hall–Kier alpha value is -4.70. The molecule has 0 bridgehead atoms. The molecule has 5 rings (SSSR count). The highest BCUT2D eigenvalue weighted by molar-refractivity contribution is 5.93. The zero-order valence-corrected chi connectivity index (χ0v) is 29.2. The normalized spacial score (nSPS) is 17.8. The van der Waals surface area contributed by atoms with Crippen LogP contribution in [0.1, 0.15) is 88.3 Å². The maximum atomic E-state index is 14.3. The van der Waals surface area contributed by atoms with Crippen LogP contribution in [0.5, 0.6) is 0 Å². The van der Waals surface area contributed by atoms with Crippen molar-refractivity contribution in [1.82, 2.24) is 15.5 Å². The van der Waals surface area contributed by atoms with Gasteiger partial charge in [0.25, 0.3) is 5.91 Å². The van der Waals surface area contributed by atoms with Gasteiger partial charge in [-0.2, -0.15) is 0 Å². The zero-order valence-electron chi connectivity index (χ0n) is 29.2. The quantitative estimate of drug-likeness (QED) is 0.171. The topological polar surface area (TPSA) is 123 Å². The molecule has 50 heavy (non-hydrogen) atoms. The van der Waals surface area contributed by atoms with E-state index in [2.05, 4.69) is 10.6 Å². The summed E-state index contributed by atoms with van der Waals surface area (Å²) in [6.45, 7) is 5.55. The lowest BCUT2D eigenvalue weighted by molar-refractivity contribution is -0.156. The van der Waals surface area contributed by atoms with Crippen molar-refractivity contribution in [3.8, 4) is 0 Å². The van der Waals surface area contributed by atoms with Gasteiger partial charge in [-0.3, -0.25) is 14.9 Å². The molecule has 266 valence electrons. The van der Waals surface area contributed by atoms with Crippen molar-refractivity contribution in [2.45, 2.75) is 108 Å². The number of benzene rings is 3. The third-order valence-corrected chi connectivity index (χ3v) is 9.02. The summed E-state index contributed by atoms with van der Waals surface area (Å²) in [7, 11) is 0. The summed E-state index contributed by atoms with van der Waals surface area (Å²) < 4.78 is 17.5. The van der Waals surface area contributed by atoms with E-state index in [1.54, 1.807) is 20.8 Å². The minimum absolute atomic E-state index is 0.0346. The van der Waals surface area contributed by atoms with Crippen LogP contribution >= 0.6 is 0 Å². The maximum Gasteiger partial charge on any atom is 0.410 e. The van der Waals surface area contributed by atoms with Gasteiger partial charge in [0.15, 0.2) is 0 Å². The predicted molar refractivity (Wildman–Crippen MR) is 189 cm³/mol. The molecule has 1 aliphatic carbocycles. The summed E-state index contributed by atoms with van der Waals surface area (Å²) in [5.74, 6) is -2.18. The fourth-order valence-corrected chi connectivity index (χ4v) is 6.66. The van der Waals surface area contributed by atoms with E-state index in [0.717, 1.165) is 48.8 Å². The van der Waals surface area contributed by atoms with Gasteiger partial charge in [0.2, 0.25) is 12.1 Å². The molecule has 10 heteroatoms. The van der Waals surface area contributed by atoms with Crippen molar-refractivity contribution in [3.05, 3.63) is 108 Å². The molecule has 3 amide bonds. The maximum absolute atomic E-state index is 14.3. The predicted octanol–water partition coefficient (Wildman–Crippen LogP) is 6.24. The van der Waals surface area contributed by atoms with Crippen molar-refractivity contribution in [1.29, 1.82) is 0 Å². The second-order valence-electron chi connectivity index (χ2n) is 14.0. The van der Waals surface area contributed by atoms with Crippen LogP contribution in [0.3, 0.4) is 0 Å². The number of esters is 1. The largest absolute Gasteiger partial charge is 0.459 e. The molecule has 2 fully saturated rings. The van der Waals surface area contributed by atoms with Gasteiger partial charge in [-0.1, -0.05) is 110 Å². The van der Waals surface area contributed by atoms with Crippen molar-refractivity contribution < 1.29 is 33.4 Å². The molecule has 3 aromatic carbocycles. The average Bonchev–Trinajstić information content (AvgIpc) is 3.61. The lowest BCUT2D eigenvalue weighted by Gasteiger charge is -2.33. The number of likely N-dealkylation sites (tertiary alicyclic amines) is 1. The first-order valence-electron chi connectivity index (χ1n) is 17.7. The van der Waals surface area contributed by atoms with Gasteiger partial charge >= 0.3 is 12.1 Å². The molecule has 0 radical (unpaired) electrons. The minimum atomic E-state index is -1.32. The Kier molecular flexibility index (Phi) is 12.7. The molecule has 1 aliphatic heterocycles. The second-order valence-corrected chi connectivity index (χ2v) is 14.0. The van der Waals surface area contributed by atoms with E-state index in [-0.39, 0.29) is 12.7 Å². The number of amides is 3. The Bertz CT molecular complexity index is 1520. The molecule has 3 atom stereocenters. The Balaban J connectivity index is 1.40. The van der Waals surface area contributed by atoms with Gasteiger partial charge in [0.1, 0.15) is 24.3 Å². The molecule has 3 aromatic rings. The van der Waals surface area contributed by atoms with Crippen LogP contribution in [0.2, 0.25) is 0 Å². The number of hydrogen-bond acceptors (Lipinski definition) is 7. The summed E-state index contributed by atoms with van der Waals surface area (Å²) in [5, 5.41) is 5.64. The number of alkyl carbamates (subject to hydrolysis) is 1. The van der Waals surface area contributed by atoms with Crippen LogP contribution in [-0.4, -0.2) is 65.3 Å². The van der Waals surface area contributed by atoms with E-state index in [4.69, 9.17) is 14.2 Å². The number of ether oxygens (including phenoxy) is 3. The first kappa shape index (κ1) is 36.6. The Morgan fingerprint density at radius 2 is 1.34 bits per heavy atom. The van der Waals surface area contributed by atoms with E-state index in [1.165, 1.54) is 4.90 Å². The molecule has 0 spiro atoms. The smallest absolute Gasteiger partial charge is 0.410 e. The summed E-state index contributed by atoms with van der Waals surface area (Å²) >= 11 is 0. The van der Waals surface area contributed by atoms with Crippen LogP contribution in [0.15, 0.2) is 91.0 Å². The highest BCUT2D eigenvalue weighted by atomic mass is 16.6. The average molecular weight is 684 g/mol. The van der Waals surface area contributed by atoms with Gasteiger partial charge in [-0.15, -0.1) is 0 Å². The molecule has 2 N–H and O–H groups in total. The molecular weight excluding hydrogens is 634 g/mol. The highest BCUT2D eigenvalue weighted by Crippen LogP contribution is 2.30. The molecule has 10 nitrogen and oxygen atoms in total. The molecule has 1 heterocycles. The van der Waals surface area contributed by atoms with E-state index in [9.17, 15) is 19.2 Å². The minimum Gasteiger partial charge on any atom is -0.459 e. The summed E-state index contributed by atoms with van der Waals surface area (Å²) in [5.41, 5.74) is 1.68. The van der Waals surface area contributed by atoms with Crippen molar-refractivity contribution >= 4 is 23.9 Å². The fraction of sp³-hybridized carbons (Fsp3) is 0.450. The second kappa shape index (κ2) is 17.3. The van der Waals surface area contributed by atoms with E-state index < -0.39 is 53.7 Å². The fourth-order valence-electron chi connectivity index (χ4n) is 6.66. The molecular formula is C40H49N3O7. The van der Waals surface area contributed by atoms with Gasteiger partial charge in [0.05, 0.1) is 6.10 Å². The number of carbonyl (C=O) groups excluding carboxylic acids is 4. The molecule has 2 aliphatic rings. The monoisotopic (exact) mass is 683 g/mol. The van der Waals surface area contributed by atoms with Crippen LogP contribution in [-0.2, 0) is 35.2 Å². The van der Waals surface area contributed by atoms with E-state index in [0.29, 0.717) is 19.4 Å². The lowest BCUT2D eigenvalue weighted by Crippen LogP contribution is -2.57. The SMILES string of the molecule is CC(C)(C)OC(=O)NC(OC1CCCCC1)C(=O)N1CCC[C@H]1C(=O)N[C@H](C(=O)OCc1ccccc1)C(c1ccccc1)c1ccccc1. The zero-order chi connectivity index (χ0) is 35.5. The first-order valence-corrected chi connectivity index (χ1v) is 17.7. The summed E-state index contributed by atoms with van der Waals surface area (Å²) in [4.78, 5) is 56.8. The molecule has 1 saturated carbocycles. The Morgan fingerprint density at radius 3 is 1.92 bits per heavy atom. The van der Waals surface area contributed by atoms with Crippen LogP contribution in [0.25, 0.3) is 0 Å². The Labute approximate surface area is 294 Å². The number of nitrogens with one attached hydrogen (secondary N) is 2. The molecule has 0 aromatic heterocycles. The van der Waals surface area contributed by atoms with Crippen molar-refractivity contribution in [2.75, 3.05) is 6.54 Å². The number of hydrogen-bond donors (Lipinski definition) is 2. The van der Waals surface area contributed by atoms with Crippen molar-refractivity contribution in [2.24, 2.45) is 0 Å². The summed E-state index contributed by atoms with van der Waals surface area (Å²) in [6.07, 6.45) is 3.22. The van der Waals surface area contributed by atoms with E-state index >= 15 is 0 Å². The Morgan fingerprint density at radius 1 is 0.760 bits per heavy atom. The number of nitrogens with zero attached hydrogens (tertiary/aromatic N) is 1. The molecule has 1 saturated heterocycles. The van der Waals surface area contributed by atoms with Crippen LogP contribution < -0.4 is 10.6 Å². The van der Waals surface area contributed by atoms with Gasteiger partial charge in [-0.05, 0) is 63.1 Å². The highest BCUT2D eigenvalue weighted by Gasteiger charge is 2.42. The first-order chi connectivity index (χ1) is 24.1.